The summed E-state index contributed by atoms with van der Waals surface area (Å²) < 4.78 is 0. The molecule has 0 aliphatic heterocycles. The molecule has 1 heterocycles. The fourth-order valence-electron chi connectivity index (χ4n) is 0.787. The average Bonchev–Trinajstić information content (AvgIpc) is 1.88. The van der Waals surface area contributed by atoms with Gasteiger partial charge in [-0.2, -0.15) is 5.10 Å². The molecule has 3 heteroatoms. The quantitative estimate of drug-likeness (QED) is 0.612. The first kappa shape index (κ1) is 7.12. The third kappa shape index (κ3) is 2.09. The van der Waals surface area contributed by atoms with Crippen molar-refractivity contribution < 1.29 is 0 Å². The molecule has 1 aromatic heterocycles. The second-order valence-electron chi connectivity index (χ2n) is 2.69. The van der Waals surface area contributed by atoms with E-state index in [0.29, 0.717) is 5.92 Å². The van der Waals surface area contributed by atoms with Crippen LogP contribution >= 0.6 is 0 Å². The van der Waals surface area contributed by atoms with Crippen molar-refractivity contribution in [1.82, 2.24) is 15.2 Å². The van der Waals surface area contributed by atoms with Crippen LogP contribution < -0.4 is 0 Å². The summed E-state index contributed by atoms with van der Waals surface area (Å²) in [6.45, 7) is 4.31. The van der Waals surface area contributed by atoms with Gasteiger partial charge >= 0.3 is 0 Å². The van der Waals surface area contributed by atoms with Crippen LogP contribution in [0, 0.1) is 5.92 Å². The van der Waals surface area contributed by atoms with Crippen molar-refractivity contribution in [3.8, 4) is 0 Å². The molecule has 0 amide bonds. The van der Waals surface area contributed by atoms with Gasteiger partial charge in [-0.3, -0.25) is 0 Å². The minimum absolute atomic E-state index is 0.636. The number of aromatic nitrogens is 3. The van der Waals surface area contributed by atoms with Crippen LogP contribution in [-0.4, -0.2) is 15.2 Å². The zero-order valence-corrected chi connectivity index (χ0v) is 6.28. The molecule has 0 saturated carbocycles. The topological polar surface area (TPSA) is 38.7 Å². The SMILES string of the molecule is CC(C)Cc1cnncn1. The molecule has 0 fully saturated rings. The van der Waals surface area contributed by atoms with Crippen molar-refractivity contribution in [1.29, 1.82) is 0 Å². The second-order valence-corrected chi connectivity index (χ2v) is 2.69. The molecule has 10 heavy (non-hydrogen) atoms. The Balaban J connectivity index is 2.59. The predicted octanol–water partition coefficient (Wildman–Crippen LogP) is 1.07. The smallest absolute Gasteiger partial charge is 0.138 e. The minimum atomic E-state index is 0.636. The highest BCUT2D eigenvalue weighted by Crippen LogP contribution is 2.00. The number of hydrogen-bond acceptors (Lipinski definition) is 3. The lowest BCUT2D eigenvalue weighted by atomic mass is 10.1. The zero-order valence-electron chi connectivity index (χ0n) is 6.28. The van der Waals surface area contributed by atoms with Crippen molar-refractivity contribution in [2.24, 2.45) is 5.92 Å². The Bertz CT molecular complexity index is 183. The molecule has 0 aliphatic carbocycles. The molecule has 0 atom stereocenters. The Hall–Kier alpha value is -0.990. The van der Waals surface area contributed by atoms with E-state index in [1.165, 1.54) is 6.33 Å². The summed E-state index contributed by atoms with van der Waals surface area (Å²) in [4.78, 5) is 4.05. The molecule has 0 aliphatic rings. The van der Waals surface area contributed by atoms with Crippen LogP contribution in [0.25, 0.3) is 0 Å². The van der Waals surface area contributed by atoms with E-state index in [4.69, 9.17) is 0 Å². The minimum Gasteiger partial charge on any atom is -0.238 e. The van der Waals surface area contributed by atoms with Gasteiger partial charge in [0, 0.05) is 0 Å². The highest BCUT2D eigenvalue weighted by molar-refractivity contribution is 4.91. The van der Waals surface area contributed by atoms with Gasteiger partial charge in [-0.1, -0.05) is 13.8 Å². The van der Waals surface area contributed by atoms with Gasteiger partial charge in [0.25, 0.3) is 0 Å². The number of nitrogens with zero attached hydrogens (tertiary/aromatic N) is 3. The Morgan fingerprint density at radius 1 is 1.40 bits per heavy atom. The summed E-state index contributed by atoms with van der Waals surface area (Å²) in [5.74, 6) is 0.636. The van der Waals surface area contributed by atoms with Crippen LogP contribution in [0.15, 0.2) is 12.5 Å². The third-order valence-electron chi connectivity index (χ3n) is 1.17. The number of hydrogen-bond donors (Lipinski definition) is 0. The molecule has 0 radical (unpaired) electrons. The highest BCUT2D eigenvalue weighted by Gasteiger charge is 1.96. The number of rotatable bonds is 2. The van der Waals surface area contributed by atoms with Crippen LogP contribution in [-0.2, 0) is 6.42 Å². The Labute approximate surface area is 60.5 Å². The van der Waals surface area contributed by atoms with E-state index in [9.17, 15) is 0 Å². The summed E-state index contributed by atoms with van der Waals surface area (Å²) in [7, 11) is 0. The second kappa shape index (κ2) is 3.25. The molecule has 0 N–H and O–H groups in total. The summed E-state index contributed by atoms with van der Waals surface area (Å²) in [6.07, 6.45) is 4.17. The largest absolute Gasteiger partial charge is 0.238 e. The van der Waals surface area contributed by atoms with E-state index < -0.39 is 0 Å². The molecule has 3 nitrogen and oxygen atoms in total. The van der Waals surface area contributed by atoms with E-state index in [-0.39, 0.29) is 0 Å². The van der Waals surface area contributed by atoms with Crippen molar-refractivity contribution in [2.45, 2.75) is 20.3 Å². The molecular weight excluding hydrogens is 126 g/mol. The average molecular weight is 137 g/mol. The molecule has 0 saturated heterocycles. The lowest BCUT2D eigenvalue weighted by molar-refractivity contribution is 0.629. The molecule has 0 spiro atoms. The Morgan fingerprint density at radius 2 is 2.20 bits per heavy atom. The summed E-state index contributed by atoms with van der Waals surface area (Å²) in [5.41, 5.74) is 1.02. The van der Waals surface area contributed by atoms with Gasteiger partial charge in [-0.15, -0.1) is 5.10 Å². The molecule has 0 bridgehead atoms. The lowest BCUT2D eigenvalue weighted by Gasteiger charge is -2.00. The van der Waals surface area contributed by atoms with Crippen LogP contribution in [0.2, 0.25) is 0 Å². The molecule has 1 aromatic rings. The van der Waals surface area contributed by atoms with Gasteiger partial charge in [0.15, 0.2) is 0 Å². The highest BCUT2D eigenvalue weighted by atomic mass is 15.1. The Morgan fingerprint density at radius 3 is 2.70 bits per heavy atom. The normalized spacial score (nSPS) is 10.3. The van der Waals surface area contributed by atoms with Crippen LogP contribution in [0.3, 0.4) is 0 Å². The van der Waals surface area contributed by atoms with Crippen molar-refractivity contribution in [3.05, 3.63) is 18.2 Å². The fourth-order valence-corrected chi connectivity index (χ4v) is 0.787. The van der Waals surface area contributed by atoms with E-state index in [1.807, 2.05) is 0 Å². The van der Waals surface area contributed by atoms with E-state index in [0.717, 1.165) is 12.1 Å². The van der Waals surface area contributed by atoms with E-state index in [2.05, 4.69) is 29.0 Å². The molecule has 0 aromatic carbocycles. The molecule has 1 rings (SSSR count). The van der Waals surface area contributed by atoms with E-state index in [1.54, 1.807) is 6.20 Å². The first-order chi connectivity index (χ1) is 4.79. The van der Waals surface area contributed by atoms with E-state index >= 15 is 0 Å². The standard InChI is InChI=1S/C7H11N3/c1-6(2)3-7-4-9-10-5-8-7/h4-6H,3H2,1-2H3. The van der Waals surface area contributed by atoms with Crippen molar-refractivity contribution in [3.63, 3.8) is 0 Å². The fraction of sp³-hybridized carbons (Fsp3) is 0.571. The maximum Gasteiger partial charge on any atom is 0.138 e. The summed E-state index contributed by atoms with van der Waals surface area (Å²) in [5, 5.41) is 7.32. The van der Waals surface area contributed by atoms with Gasteiger partial charge in [0.05, 0.1) is 11.9 Å². The van der Waals surface area contributed by atoms with Crippen LogP contribution in [0.5, 0.6) is 0 Å². The van der Waals surface area contributed by atoms with Gasteiger partial charge in [0.1, 0.15) is 6.33 Å². The van der Waals surface area contributed by atoms with Crippen molar-refractivity contribution >= 4 is 0 Å². The van der Waals surface area contributed by atoms with Gasteiger partial charge in [0.2, 0.25) is 0 Å². The molecular formula is C7H11N3. The summed E-state index contributed by atoms with van der Waals surface area (Å²) >= 11 is 0. The van der Waals surface area contributed by atoms with Gasteiger partial charge in [-0.05, 0) is 12.3 Å². The first-order valence-electron chi connectivity index (χ1n) is 3.40. The zero-order chi connectivity index (χ0) is 7.40. The third-order valence-corrected chi connectivity index (χ3v) is 1.17. The maximum atomic E-state index is 4.05. The van der Waals surface area contributed by atoms with Gasteiger partial charge in [-0.25, -0.2) is 4.98 Å². The summed E-state index contributed by atoms with van der Waals surface area (Å²) in [6, 6.07) is 0. The monoisotopic (exact) mass is 137 g/mol. The lowest BCUT2D eigenvalue weighted by Crippen LogP contribution is -1.98. The van der Waals surface area contributed by atoms with Crippen LogP contribution in [0.4, 0.5) is 0 Å². The van der Waals surface area contributed by atoms with Gasteiger partial charge < -0.3 is 0 Å². The molecule has 54 valence electrons. The predicted molar refractivity (Wildman–Crippen MR) is 38.4 cm³/mol. The Kier molecular flexibility index (Phi) is 2.31. The maximum absolute atomic E-state index is 4.05. The van der Waals surface area contributed by atoms with Crippen molar-refractivity contribution in [2.75, 3.05) is 0 Å². The first-order valence-corrected chi connectivity index (χ1v) is 3.40. The van der Waals surface area contributed by atoms with Crippen LogP contribution in [0.1, 0.15) is 19.5 Å². The molecule has 0 unspecified atom stereocenters.